The number of rotatable bonds is 3. The van der Waals surface area contributed by atoms with Gasteiger partial charge >= 0.3 is 5.97 Å². The Morgan fingerprint density at radius 2 is 1.90 bits per heavy atom. The van der Waals surface area contributed by atoms with Crippen LogP contribution >= 0.6 is 0 Å². The van der Waals surface area contributed by atoms with Gasteiger partial charge in [-0.15, -0.1) is 0 Å². The third-order valence-electron chi connectivity index (χ3n) is 3.01. The number of aryl methyl sites for hydroxylation is 1. The molecule has 110 valence electrons. The van der Waals surface area contributed by atoms with Crippen LogP contribution in [-0.4, -0.2) is 21.0 Å². The lowest BCUT2D eigenvalue weighted by Gasteiger charge is -2.22. The average Bonchev–Trinajstić information content (AvgIpc) is 2.38. The van der Waals surface area contributed by atoms with Crippen LogP contribution in [0.25, 0.3) is 0 Å². The van der Waals surface area contributed by atoms with Crippen LogP contribution in [0.15, 0.2) is 30.6 Å². The first-order valence-corrected chi connectivity index (χ1v) is 6.61. The van der Waals surface area contributed by atoms with Gasteiger partial charge in [0.05, 0.1) is 12.4 Å². The van der Waals surface area contributed by atoms with Crippen molar-refractivity contribution in [1.82, 2.24) is 9.97 Å². The summed E-state index contributed by atoms with van der Waals surface area (Å²) in [5.41, 5.74) is 1.95. The molecule has 2 aromatic rings. The summed E-state index contributed by atoms with van der Waals surface area (Å²) in [5, 5.41) is 8.81. The molecule has 0 saturated heterocycles. The van der Waals surface area contributed by atoms with Crippen molar-refractivity contribution in [2.24, 2.45) is 0 Å². The molecule has 0 bridgehead atoms. The van der Waals surface area contributed by atoms with Gasteiger partial charge in [0.15, 0.2) is 5.69 Å². The summed E-state index contributed by atoms with van der Waals surface area (Å²) in [5.74, 6) is -0.129. The van der Waals surface area contributed by atoms with E-state index in [1.807, 2.05) is 25.1 Å². The van der Waals surface area contributed by atoms with Crippen LogP contribution in [0, 0.1) is 6.92 Å². The number of benzene rings is 1. The maximum atomic E-state index is 10.8. The number of nitrogens with zero attached hydrogens (tertiary/aromatic N) is 2. The van der Waals surface area contributed by atoms with Crippen LogP contribution in [0.3, 0.4) is 0 Å². The Kier molecular flexibility index (Phi) is 3.93. The SMILES string of the molecule is Cc1ccc(C(C)(C)C)c(Oc2cnc(C(=O)O)cn2)c1. The normalized spacial score (nSPS) is 11.2. The minimum Gasteiger partial charge on any atom is -0.476 e. The molecule has 0 amide bonds. The molecule has 2 rings (SSSR count). The summed E-state index contributed by atoms with van der Waals surface area (Å²) in [6.07, 6.45) is 2.50. The van der Waals surface area contributed by atoms with Gasteiger partial charge in [-0.1, -0.05) is 32.9 Å². The first kappa shape index (κ1) is 15.0. The zero-order chi connectivity index (χ0) is 15.6. The number of aromatic nitrogens is 2. The third kappa shape index (κ3) is 3.56. The van der Waals surface area contributed by atoms with Gasteiger partial charge in [0.25, 0.3) is 0 Å². The van der Waals surface area contributed by atoms with Crippen molar-refractivity contribution in [3.8, 4) is 11.6 Å². The minimum absolute atomic E-state index is 0.0720. The lowest BCUT2D eigenvalue weighted by molar-refractivity contribution is 0.0690. The highest BCUT2D eigenvalue weighted by molar-refractivity contribution is 5.84. The molecule has 5 heteroatoms. The summed E-state index contributed by atoms with van der Waals surface area (Å²) in [4.78, 5) is 18.5. The van der Waals surface area contributed by atoms with E-state index in [-0.39, 0.29) is 17.0 Å². The maximum Gasteiger partial charge on any atom is 0.356 e. The molecule has 0 spiro atoms. The molecule has 1 aromatic carbocycles. The second kappa shape index (κ2) is 5.52. The van der Waals surface area contributed by atoms with Gasteiger partial charge in [0.1, 0.15) is 5.75 Å². The molecule has 0 unspecified atom stereocenters. The Balaban J connectivity index is 2.34. The molecular weight excluding hydrogens is 268 g/mol. The van der Waals surface area contributed by atoms with E-state index >= 15 is 0 Å². The van der Waals surface area contributed by atoms with Crippen molar-refractivity contribution in [1.29, 1.82) is 0 Å². The van der Waals surface area contributed by atoms with Crippen LogP contribution in [0.1, 0.15) is 42.4 Å². The summed E-state index contributed by atoms with van der Waals surface area (Å²) in [7, 11) is 0. The fourth-order valence-electron chi connectivity index (χ4n) is 1.93. The fourth-order valence-corrected chi connectivity index (χ4v) is 1.93. The first-order valence-electron chi connectivity index (χ1n) is 6.61. The highest BCUT2D eigenvalue weighted by Gasteiger charge is 2.19. The molecule has 0 fully saturated rings. The van der Waals surface area contributed by atoms with E-state index in [9.17, 15) is 4.79 Å². The van der Waals surface area contributed by atoms with Crippen molar-refractivity contribution in [3.63, 3.8) is 0 Å². The van der Waals surface area contributed by atoms with Crippen LogP contribution in [0.2, 0.25) is 0 Å². The molecule has 0 radical (unpaired) electrons. The topological polar surface area (TPSA) is 72.3 Å². The predicted octanol–water partition coefficient (Wildman–Crippen LogP) is 3.57. The van der Waals surface area contributed by atoms with Crippen LogP contribution in [0.5, 0.6) is 11.6 Å². The number of ether oxygens (including phenoxy) is 1. The molecule has 5 nitrogen and oxygen atoms in total. The van der Waals surface area contributed by atoms with E-state index in [0.29, 0.717) is 5.75 Å². The van der Waals surface area contributed by atoms with Gasteiger partial charge in [0, 0.05) is 5.56 Å². The Hall–Kier alpha value is -2.43. The number of carbonyl (C=O) groups is 1. The molecule has 0 aliphatic heterocycles. The minimum atomic E-state index is -1.11. The summed E-state index contributed by atoms with van der Waals surface area (Å²) in [6.45, 7) is 8.29. The molecule has 1 heterocycles. The highest BCUT2D eigenvalue weighted by Crippen LogP contribution is 2.34. The molecule has 21 heavy (non-hydrogen) atoms. The Morgan fingerprint density at radius 1 is 1.19 bits per heavy atom. The molecule has 1 aromatic heterocycles. The Morgan fingerprint density at radius 3 is 2.43 bits per heavy atom. The van der Waals surface area contributed by atoms with E-state index in [0.717, 1.165) is 11.1 Å². The quantitative estimate of drug-likeness (QED) is 0.933. The van der Waals surface area contributed by atoms with Crippen LogP contribution in [0.4, 0.5) is 0 Å². The molecule has 0 aliphatic carbocycles. The third-order valence-corrected chi connectivity index (χ3v) is 3.01. The monoisotopic (exact) mass is 286 g/mol. The number of hydrogen-bond acceptors (Lipinski definition) is 4. The van der Waals surface area contributed by atoms with Crippen molar-refractivity contribution in [3.05, 3.63) is 47.4 Å². The predicted molar refractivity (Wildman–Crippen MR) is 78.9 cm³/mol. The number of aromatic carboxylic acids is 1. The number of carboxylic acids is 1. The van der Waals surface area contributed by atoms with Gasteiger partial charge in [-0.05, 0) is 24.0 Å². The van der Waals surface area contributed by atoms with E-state index in [2.05, 4.69) is 30.7 Å². The summed E-state index contributed by atoms with van der Waals surface area (Å²) in [6, 6.07) is 6.00. The number of hydrogen-bond donors (Lipinski definition) is 1. The van der Waals surface area contributed by atoms with E-state index < -0.39 is 5.97 Å². The second-order valence-electron chi connectivity index (χ2n) is 5.90. The standard InChI is InChI=1S/C16H18N2O3/c1-10-5-6-11(16(2,3)4)13(7-10)21-14-9-17-12(8-18-14)15(19)20/h5-9H,1-4H3,(H,19,20). The highest BCUT2D eigenvalue weighted by atomic mass is 16.5. The smallest absolute Gasteiger partial charge is 0.356 e. The fraction of sp³-hybridized carbons (Fsp3) is 0.312. The lowest BCUT2D eigenvalue weighted by atomic mass is 9.86. The van der Waals surface area contributed by atoms with Gasteiger partial charge in [-0.25, -0.2) is 14.8 Å². The molecule has 0 saturated carbocycles. The van der Waals surface area contributed by atoms with E-state index in [1.54, 1.807) is 0 Å². The van der Waals surface area contributed by atoms with Crippen LogP contribution < -0.4 is 4.74 Å². The summed E-state index contributed by atoms with van der Waals surface area (Å²) >= 11 is 0. The van der Waals surface area contributed by atoms with Gasteiger partial charge in [-0.3, -0.25) is 0 Å². The van der Waals surface area contributed by atoms with Crippen LogP contribution in [-0.2, 0) is 5.41 Å². The Labute approximate surface area is 123 Å². The van der Waals surface area contributed by atoms with Crippen molar-refractivity contribution < 1.29 is 14.6 Å². The van der Waals surface area contributed by atoms with Crippen molar-refractivity contribution in [2.75, 3.05) is 0 Å². The lowest BCUT2D eigenvalue weighted by Crippen LogP contribution is -2.13. The van der Waals surface area contributed by atoms with Crippen molar-refractivity contribution in [2.45, 2.75) is 33.1 Å². The maximum absolute atomic E-state index is 10.8. The Bertz CT molecular complexity index is 658. The zero-order valence-electron chi connectivity index (χ0n) is 12.5. The van der Waals surface area contributed by atoms with Gasteiger partial charge in [-0.2, -0.15) is 0 Å². The molecule has 0 aliphatic rings. The average molecular weight is 286 g/mol. The van der Waals surface area contributed by atoms with E-state index in [1.165, 1.54) is 12.4 Å². The molecular formula is C16H18N2O3. The van der Waals surface area contributed by atoms with Gasteiger partial charge in [0.2, 0.25) is 5.88 Å². The first-order chi connectivity index (χ1) is 9.77. The molecule has 1 N–H and O–H groups in total. The zero-order valence-corrected chi connectivity index (χ0v) is 12.5. The molecule has 0 atom stereocenters. The largest absolute Gasteiger partial charge is 0.476 e. The number of carboxylic acid groups (broad SMARTS) is 1. The van der Waals surface area contributed by atoms with E-state index in [4.69, 9.17) is 9.84 Å². The summed E-state index contributed by atoms with van der Waals surface area (Å²) < 4.78 is 5.79. The second-order valence-corrected chi connectivity index (χ2v) is 5.90. The van der Waals surface area contributed by atoms with Gasteiger partial charge < -0.3 is 9.84 Å². The van der Waals surface area contributed by atoms with Crippen molar-refractivity contribution >= 4 is 5.97 Å².